The molecule has 0 radical (unpaired) electrons. The standard InChI is InChI=1S/C21H13F4NO4S/c22-13-6-9-19(17(25)10-13)31(27,28)30-14-7-4-12(5-8-14)18-11-29-21(26-18)20-15(23)2-1-3-16(20)24/h1-10,18H,11H2. The second-order valence-electron chi connectivity index (χ2n) is 6.54. The largest absolute Gasteiger partial charge is 0.475 e. The first-order valence-electron chi connectivity index (χ1n) is 8.89. The van der Waals surface area contributed by atoms with Crippen molar-refractivity contribution in [2.45, 2.75) is 10.9 Å². The molecule has 1 atom stereocenters. The summed E-state index contributed by atoms with van der Waals surface area (Å²) in [6, 6.07) is 10.4. The lowest BCUT2D eigenvalue weighted by molar-refractivity contribution is 0.317. The summed E-state index contributed by atoms with van der Waals surface area (Å²) in [5.41, 5.74) is 0.210. The Morgan fingerprint density at radius 1 is 0.903 bits per heavy atom. The van der Waals surface area contributed by atoms with E-state index in [2.05, 4.69) is 4.99 Å². The molecule has 0 spiro atoms. The van der Waals surface area contributed by atoms with E-state index in [9.17, 15) is 26.0 Å². The van der Waals surface area contributed by atoms with E-state index in [1.54, 1.807) is 0 Å². The molecule has 1 aliphatic heterocycles. The molecule has 3 aromatic carbocycles. The number of aliphatic imine (C=N–C) groups is 1. The smallest absolute Gasteiger partial charge is 0.342 e. The van der Waals surface area contributed by atoms with Crippen LogP contribution in [0.5, 0.6) is 5.75 Å². The molecule has 0 saturated heterocycles. The SMILES string of the molecule is O=S(=O)(Oc1ccc(C2COC(c3c(F)cccc3F)=N2)cc1)c1ccc(F)cc1F. The van der Waals surface area contributed by atoms with E-state index in [-0.39, 0.29) is 23.8 Å². The van der Waals surface area contributed by atoms with Gasteiger partial charge in [-0.25, -0.2) is 22.6 Å². The average molecular weight is 451 g/mol. The van der Waals surface area contributed by atoms with Crippen LogP contribution in [-0.4, -0.2) is 20.9 Å². The fourth-order valence-corrected chi connectivity index (χ4v) is 3.97. The van der Waals surface area contributed by atoms with E-state index in [0.29, 0.717) is 11.6 Å². The Labute approximate surface area is 174 Å². The lowest BCUT2D eigenvalue weighted by Crippen LogP contribution is -2.12. The van der Waals surface area contributed by atoms with Crippen LogP contribution in [0.25, 0.3) is 0 Å². The maximum atomic E-state index is 13.9. The normalized spacial score (nSPS) is 16.0. The molecule has 3 aromatic rings. The van der Waals surface area contributed by atoms with Gasteiger partial charge in [0.05, 0.1) is 0 Å². The summed E-state index contributed by atoms with van der Waals surface area (Å²) in [4.78, 5) is 3.39. The zero-order chi connectivity index (χ0) is 22.2. The number of rotatable bonds is 5. The summed E-state index contributed by atoms with van der Waals surface area (Å²) in [7, 11) is -4.52. The van der Waals surface area contributed by atoms with E-state index in [1.165, 1.54) is 30.3 Å². The molecule has 160 valence electrons. The van der Waals surface area contributed by atoms with E-state index in [0.717, 1.165) is 24.3 Å². The third-order valence-electron chi connectivity index (χ3n) is 4.46. The van der Waals surface area contributed by atoms with Crippen molar-refractivity contribution in [2.24, 2.45) is 4.99 Å². The first kappa shape index (κ1) is 20.9. The molecule has 0 aliphatic carbocycles. The summed E-state index contributed by atoms with van der Waals surface area (Å²) in [6.45, 7) is 0.0302. The zero-order valence-electron chi connectivity index (χ0n) is 15.6. The van der Waals surface area contributed by atoms with Gasteiger partial charge in [0.15, 0.2) is 0 Å². The number of hydrogen-bond acceptors (Lipinski definition) is 5. The second kappa shape index (κ2) is 8.03. The third-order valence-corrected chi connectivity index (χ3v) is 5.74. The Kier molecular flexibility index (Phi) is 5.40. The van der Waals surface area contributed by atoms with E-state index in [1.807, 2.05) is 0 Å². The maximum absolute atomic E-state index is 13.9. The molecule has 1 heterocycles. The molecule has 1 unspecified atom stereocenters. The van der Waals surface area contributed by atoms with Crippen LogP contribution in [0.2, 0.25) is 0 Å². The first-order chi connectivity index (χ1) is 14.7. The fourth-order valence-electron chi connectivity index (χ4n) is 2.98. The topological polar surface area (TPSA) is 65.0 Å². The molecular formula is C21H13F4NO4S. The van der Waals surface area contributed by atoms with Crippen molar-refractivity contribution in [1.29, 1.82) is 0 Å². The van der Waals surface area contributed by atoms with Gasteiger partial charge in [0.1, 0.15) is 52.1 Å². The van der Waals surface area contributed by atoms with Crippen molar-refractivity contribution in [2.75, 3.05) is 6.61 Å². The van der Waals surface area contributed by atoms with Crippen LogP contribution in [0, 0.1) is 23.3 Å². The molecule has 0 aromatic heterocycles. The Hall–Kier alpha value is -3.40. The molecular weight excluding hydrogens is 438 g/mol. The van der Waals surface area contributed by atoms with Crippen LogP contribution < -0.4 is 4.18 Å². The van der Waals surface area contributed by atoms with Gasteiger partial charge in [0.25, 0.3) is 0 Å². The highest BCUT2D eigenvalue weighted by atomic mass is 32.2. The summed E-state index contributed by atoms with van der Waals surface area (Å²) < 4.78 is 89.3. The van der Waals surface area contributed by atoms with Gasteiger partial charge in [-0.05, 0) is 42.0 Å². The lowest BCUT2D eigenvalue weighted by atomic mass is 10.1. The minimum absolute atomic E-state index is 0.0302. The van der Waals surface area contributed by atoms with Crippen LogP contribution >= 0.6 is 0 Å². The van der Waals surface area contributed by atoms with Crippen molar-refractivity contribution in [1.82, 2.24) is 0 Å². The summed E-state index contributed by atoms with van der Waals surface area (Å²) in [5.74, 6) is -4.09. The van der Waals surface area contributed by atoms with Crippen molar-refractivity contribution in [3.63, 3.8) is 0 Å². The number of benzene rings is 3. The summed E-state index contributed by atoms with van der Waals surface area (Å²) in [6.07, 6.45) is 0. The summed E-state index contributed by atoms with van der Waals surface area (Å²) in [5, 5.41) is 0. The highest BCUT2D eigenvalue weighted by Gasteiger charge is 2.27. The molecule has 10 heteroatoms. The minimum atomic E-state index is -4.52. The molecule has 5 nitrogen and oxygen atoms in total. The quantitative estimate of drug-likeness (QED) is 0.423. The van der Waals surface area contributed by atoms with E-state index >= 15 is 0 Å². The summed E-state index contributed by atoms with van der Waals surface area (Å²) >= 11 is 0. The lowest BCUT2D eigenvalue weighted by Gasteiger charge is -2.10. The monoisotopic (exact) mass is 451 g/mol. The van der Waals surface area contributed by atoms with Gasteiger partial charge in [0.2, 0.25) is 5.90 Å². The highest BCUT2D eigenvalue weighted by molar-refractivity contribution is 7.87. The predicted molar refractivity (Wildman–Crippen MR) is 102 cm³/mol. The van der Waals surface area contributed by atoms with Crippen LogP contribution in [0.4, 0.5) is 17.6 Å². The predicted octanol–water partition coefficient (Wildman–Crippen LogP) is 4.53. The highest BCUT2D eigenvalue weighted by Crippen LogP contribution is 2.29. The van der Waals surface area contributed by atoms with Gasteiger partial charge >= 0.3 is 10.1 Å². The number of ether oxygens (including phenoxy) is 1. The van der Waals surface area contributed by atoms with Crippen molar-refractivity contribution in [3.05, 3.63) is 95.1 Å². The van der Waals surface area contributed by atoms with Gasteiger partial charge in [-0.3, -0.25) is 0 Å². The van der Waals surface area contributed by atoms with E-state index in [4.69, 9.17) is 8.92 Å². The van der Waals surface area contributed by atoms with E-state index < -0.39 is 44.3 Å². The molecule has 4 rings (SSSR count). The van der Waals surface area contributed by atoms with Gasteiger partial charge in [0, 0.05) is 6.07 Å². The molecule has 0 bridgehead atoms. The Balaban J connectivity index is 1.53. The van der Waals surface area contributed by atoms with Gasteiger partial charge < -0.3 is 8.92 Å². The molecule has 0 saturated carbocycles. The van der Waals surface area contributed by atoms with Crippen LogP contribution in [-0.2, 0) is 14.9 Å². The van der Waals surface area contributed by atoms with Gasteiger partial charge in [-0.15, -0.1) is 0 Å². The number of halogens is 4. The maximum Gasteiger partial charge on any atom is 0.342 e. The first-order valence-corrected chi connectivity index (χ1v) is 10.3. The van der Waals surface area contributed by atoms with Crippen molar-refractivity contribution >= 4 is 16.0 Å². The Morgan fingerprint density at radius 2 is 1.58 bits per heavy atom. The Morgan fingerprint density at radius 3 is 2.23 bits per heavy atom. The van der Waals surface area contributed by atoms with Crippen molar-refractivity contribution < 1.29 is 34.9 Å². The minimum Gasteiger partial charge on any atom is -0.475 e. The van der Waals surface area contributed by atoms with Gasteiger partial charge in [-0.2, -0.15) is 8.42 Å². The number of hydrogen-bond donors (Lipinski definition) is 0. The average Bonchev–Trinajstić information content (AvgIpc) is 3.17. The van der Waals surface area contributed by atoms with Crippen LogP contribution in [0.3, 0.4) is 0 Å². The molecule has 0 N–H and O–H groups in total. The number of nitrogens with zero attached hydrogens (tertiary/aromatic N) is 1. The zero-order valence-corrected chi connectivity index (χ0v) is 16.4. The Bertz CT molecular complexity index is 1260. The van der Waals surface area contributed by atoms with Gasteiger partial charge in [-0.1, -0.05) is 18.2 Å². The fraction of sp³-hybridized carbons (Fsp3) is 0.0952. The molecule has 0 amide bonds. The molecule has 31 heavy (non-hydrogen) atoms. The van der Waals surface area contributed by atoms with Crippen LogP contribution in [0.15, 0.2) is 70.6 Å². The molecule has 1 aliphatic rings. The second-order valence-corrected chi connectivity index (χ2v) is 8.05. The van der Waals surface area contributed by atoms with Crippen molar-refractivity contribution in [3.8, 4) is 5.75 Å². The van der Waals surface area contributed by atoms with Crippen LogP contribution in [0.1, 0.15) is 17.2 Å². The molecule has 0 fully saturated rings. The third kappa shape index (κ3) is 4.24.